The Morgan fingerprint density at radius 1 is 1.08 bits per heavy atom. The van der Waals surface area contributed by atoms with E-state index in [1.807, 2.05) is 13.8 Å². The Labute approximate surface area is 70.7 Å². The van der Waals surface area contributed by atoms with E-state index in [-0.39, 0.29) is 12.2 Å². The third-order valence-corrected chi connectivity index (χ3v) is 1.10. The molecule has 0 saturated heterocycles. The monoisotopic (exact) mass is 174 g/mol. The topological polar surface area (TPSA) is 20.2 Å². The minimum atomic E-state index is -0.663. The standard InChI is InChI=1S/C7H6F2O.C2H6/c8-6-1-5(4-10)2-7(9)3-6;1-2/h1-3,10H,4H2;1-2H3. The molecule has 1 N–H and O–H groups in total. The number of aliphatic hydroxyl groups excluding tert-OH is 1. The number of hydrogen-bond acceptors (Lipinski definition) is 1. The highest BCUT2D eigenvalue weighted by atomic mass is 19.1. The molecular formula is C9H12F2O. The van der Waals surface area contributed by atoms with E-state index in [0.29, 0.717) is 0 Å². The second-order valence-electron chi connectivity index (χ2n) is 1.94. The van der Waals surface area contributed by atoms with Crippen LogP contribution in [0.5, 0.6) is 0 Å². The molecule has 3 heteroatoms. The van der Waals surface area contributed by atoms with E-state index in [2.05, 4.69) is 0 Å². The average Bonchev–Trinajstić information content (AvgIpc) is 2.06. The van der Waals surface area contributed by atoms with Crippen LogP contribution in [0.4, 0.5) is 8.78 Å². The summed E-state index contributed by atoms with van der Waals surface area (Å²) in [7, 11) is 0. The van der Waals surface area contributed by atoms with Gasteiger partial charge in [-0.1, -0.05) is 13.8 Å². The quantitative estimate of drug-likeness (QED) is 0.693. The number of aliphatic hydroxyl groups is 1. The number of rotatable bonds is 1. The SMILES string of the molecule is CC.OCc1cc(F)cc(F)c1. The highest BCUT2D eigenvalue weighted by molar-refractivity contribution is 5.16. The molecule has 0 bridgehead atoms. The lowest BCUT2D eigenvalue weighted by Gasteiger charge is -1.95. The van der Waals surface area contributed by atoms with Crippen LogP contribution in [-0.4, -0.2) is 5.11 Å². The summed E-state index contributed by atoms with van der Waals surface area (Å²) < 4.78 is 24.5. The molecule has 0 amide bonds. The Morgan fingerprint density at radius 3 is 1.83 bits per heavy atom. The lowest BCUT2D eigenvalue weighted by molar-refractivity contribution is 0.280. The summed E-state index contributed by atoms with van der Waals surface area (Å²) in [4.78, 5) is 0. The first-order valence-electron chi connectivity index (χ1n) is 3.78. The Hall–Kier alpha value is -0.960. The molecule has 0 aliphatic carbocycles. The van der Waals surface area contributed by atoms with Crippen molar-refractivity contribution in [3.05, 3.63) is 35.4 Å². The molecule has 0 heterocycles. The van der Waals surface area contributed by atoms with Crippen LogP contribution >= 0.6 is 0 Å². The van der Waals surface area contributed by atoms with Crippen molar-refractivity contribution in [1.82, 2.24) is 0 Å². The van der Waals surface area contributed by atoms with Crippen molar-refractivity contribution in [3.63, 3.8) is 0 Å². The highest BCUT2D eigenvalue weighted by Crippen LogP contribution is 2.06. The van der Waals surface area contributed by atoms with E-state index < -0.39 is 11.6 Å². The third-order valence-electron chi connectivity index (χ3n) is 1.10. The minimum absolute atomic E-state index is 0.248. The van der Waals surface area contributed by atoms with Crippen molar-refractivity contribution < 1.29 is 13.9 Å². The molecule has 1 aromatic rings. The van der Waals surface area contributed by atoms with Gasteiger partial charge in [0.05, 0.1) is 6.61 Å². The zero-order chi connectivity index (χ0) is 9.56. The van der Waals surface area contributed by atoms with Crippen LogP contribution in [0, 0.1) is 11.6 Å². The fourth-order valence-corrected chi connectivity index (χ4v) is 0.702. The maximum atomic E-state index is 12.3. The first-order valence-corrected chi connectivity index (χ1v) is 3.78. The van der Waals surface area contributed by atoms with Crippen molar-refractivity contribution >= 4 is 0 Å². The molecule has 0 aliphatic rings. The first-order chi connectivity index (χ1) is 5.72. The number of hydrogen-bond donors (Lipinski definition) is 1. The summed E-state index contributed by atoms with van der Waals surface area (Å²) in [6.45, 7) is 3.66. The molecule has 12 heavy (non-hydrogen) atoms. The Kier molecular flexibility index (Phi) is 5.21. The van der Waals surface area contributed by atoms with Crippen LogP contribution in [0.1, 0.15) is 19.4 Å². The van der Waals surface area contributed by atoms with Crippen LogP contribution in [0.2, 0.25) is 0 Å². The summed E-state index contributed by atoms with van der Waals surface area (Å²) in [5, 5.41) is 8.45. The summed E-state index contributed by atoms with van der Waals surface area (Å²) in [5.74, 6) is -1.33. The molecule has 1 aromatic carbocycles. The molecule has 68 valence electrons. The molecule has 0 radical (unpaired) electrons. The van der Waals surface area contributed by atoms with E-state index >= 15 is 0 Å². The van der Waals surface area contributed by atoms with Gasteiger partial charge in [-0.2, -0.15) is 0 Å². The molecule has 1 rings (SSSR count). The van der Waals surface area contributed by atoms with Gasteiger partial charge in [0.1, 0.15) is 11.6 Å². The lowest BCUT2D eigenvalue weighted by Crippen LogP contribution is -1.86. The largest absolute Gasteiger partial charge is 0.392 e. The van der Waals surface area contributed by atoms with Gasteiger partial charge in [0.25, 0.3) is 0 Å². The highest BCUT2D eigenvalue weighted by Gasteiger charge is 1.97. The summed E-state index contributed by atoms with van der Waals surface area (Å²) in [6, 6.07) is 2.94. The normalized spacial score (nSPS) is 8.75. The van der Waals surface area contributed by atoms with E-state index in [4.69, 9.17) is 5.11 Å². The predicted octanol–water partition coefficient (Wildman–Crippen LogP) is 2.48. The maximum absolute atomic E-state index is 12.3. The number of halogens is 2. The molecule has 0 spiro atoms. The van der Waals surface area contributed by atoms with Crippen molar-refractivity contribution in [2.45, 2.75) is 20.5 Å². The first kappa shape index (κ1) is 11.0. The summed E-state index contributed by atoms with van der Waals surface area (Å²) >= 11 is 0. The Morgan fingerprint density at radius 2 is 1.50 bits per heavy atom. The molecule has 0 aliphatic heterocycles. The number of benzene rings is 1. The molecule has 1 nitrogen and oxygen atoms in total. The maximum Gasteiger partial charge on any atom is 0.126 e. The van der Waals surface area contributed by atoms with Crippen LogP contribution in [0.25, 0.3) is 0 Å². The van der Waals surface area contributed by atoms with Crippen LogP contribution in [-0.2, 0) is 6.61 Å². The van der Waals surface area contributed by atoms with Crippen LogP contribution < -0.4 is 0 Å². The van der Waals surface area contributed by atoms with Gasteiger partial charge in [-0.25, -0.2) is 8.78 Å². The molecular weight excluding hydrogens is 162 g/mol. The predicted molar refractivity (Wildman–Crippen MR) is 43.6 cm³/mol. The lowest BCUT2D eigenvalue weighted by atomic mass is 10.2. The second-order valence-corrected chi connectivity index (χ2v) is 1.94. The van der Waals surface area contributed by atoms with Gasteiger partial charge in [0.15, 0.2) is 0 Å². The van der Waals surface area contributed by atoms with Crippen LogP contribution in [0.15, 0.2) is 18.2 Å². The van der Waals surface area contributed by atoms with Crippen molar-refractivity contribution in [3.8, 4) is 0 Å². The zero-order valence-electron chi connectivity index (χ0n) is 7.14. The van der Waals surface area contributed by atoms with Crippen molar-refractivity contribution in [1.29, 1.82) is 0 Å². The van der Waals surface area contributed by atoms with Gasteiger partial charge < -0.3 is 5.11 Å². The van der Waals surface area contributed by atoms with E-state index in [0.717, 1.165) is 18.2 Å². The van der Waals surface area contributed by atoms with Crippen molar-refractivity contribution in [2.75, 3.05) is 0 Å². The minimum Gasteiger partial charge on any atom is -0.392 e. The van der Waals surface area contributed by atoms with Gasteiger partial charge in [0.2, 0.25) is 0 Å². The van der Waals surface area contributed by atoms with Crippen LogP contribution in [0.3, 0.4) is 0 Å². The smallest absolute Gasteiger partial charge is 0.126 e. The zero-order valence-corrected chi connectivity index (χ0v) is 7.14. The average molecular weight is 174 g/mol. The molecule has 0 aromatic heterocycles. The summed E-state index contributed by atoms with van der Waals surface area (Å²) in [5.41, 5.74) is 0.248. The molecule has 0 fully saturated rings. The van der Waals surface area contributed by atoms with Gasteiger partial charge >= 0.3 is 0 Å². The fourth-order valence-electron chi connectivity index (χ4n) is 0.702. The fraction of sp³-hybridized carbons (Fsp3) is 0.333. The van der Waals surface area contributed by atoms with Gasteiger partial charge in [0, 0.05) is 6.07 Å². The van der Waals surface area contributed by atoms with Gasteiger partial charge in [-0.05, 0) is 17.7 Å². The van der Waals surface area contributed by atoms with E-state index in [1.54, 1.807) is 0 Å². The van der Waals surface area contributed by atoms with Gasteiger partial charge in [-0.15, -0.1) is 0 Å². The Bertz CT molecular complexity index is 216. The molecule has 0 unspecified atom stereocenters. The molecule has 0 saturated carbocycles. The third kappa shape index (κ3) is 3.44. The van der Waals surface area contributed by atoms with Crippen molar-refractivity contribution in [2.24, 2.45) is 0 Å². The van der Waals surface area contributed by atoms with E-state index in [1.165, 1.54) is 0 Å². The summed E-state index contributed by atoms with van der Waals surface area (Å²) in [6.07, 6.45) is 0. The second kappa shape index (κ2) is 5.66. The van der Waals surface area contributed by atoms with Gasteiger partial charge in [-0.3, -0.25) is 0 Å². The molecule has 0 atom stereocenters. The Balaban J connectivity index is 0.000000561. The van der Waals surface area contributed by atoms with E-state index in [9.17, 15) is 8.78 Å².